The highest BCUT2D eigenvalue weighted by Crippen LogP contribution is 1.74. The maximum absolute atomic E-state index is 10.4. The zero-order valence-electron chi connectivity index (χ0n) is 5.43. The molecule has 0 aromatic carbocycles. The number of amides is 2. The van der Waals surface area contributed by atoms with Crippen molar-refractivity contribution in [2.45, 2.75) is 13.0 Å². The summed E-state index contributed by atoms with van der Waals surface area (Å²) in [5.74, 6) is 0. The minimum absolute atomic E-state index is 0.330. The van der Waals surface area contributed by atoms with E-state index in [2.05, 4.69) is 10.6 Å². The van der Waals surface area contributed by atoms with E-state index in [0.29, 0.717) is 0 Å². The molecule has 0 fully saturated rings. The van der Waals surface area contributed by atoms with Crippen molar-refractivity contribution in [3.8, 4) is 6.07 Å². The summed E-state index contributed by atoms with van der Waals surface area (Å²) in [7, 11) is 1.50. The van der Waals surface area contributed by atoms with Crippen LogP contribution in [0.25, 0.3) is 0 Å². The molecule has 0 saturated heterocycles. The SMILES string of the molecule is CNC(=O)NC(C)C#N. The van der Waals surface area contributed by atoms with E-state index in [4.69, 9.17) is 5.26 Å². The lowest BCUT2D eigenvalue weighted by Crippen LogP contribution is -2.38. The first-order valence-electron chi connectivity index (χ1n) is 2.58. The summed E-state index contributed by atoms with van der Waals surface area (Å²) < 4.78 is 0. The van der Waals surface area contributed by atoms with Crippen molar-refractivity contribution in [2.75, 3.05) is 7.05 Å². The molecule has 0 aliphatic rings. The minimum Gasteiger partial charge on any atom is -0.341 e. The number of urea groups is 1. The fourth-order valence-corrected chi connectivity index (χ4v) is 0.301. The van der Waals surface area contributed by atoms with Crippen molar-refractivity contribution in [3.63, 3.8) is 0 Å². The van der Waals surface area contributed by atoms with E-state index in [1.807, 2.05) is 6.07 Å². The Morgan fingerprint density at radius 1 is 1.78 bits per heavy atom. The number of rotatable bonds is 1. The van der Waals surface area contributed by atoms with Gasteiger partial charge in [-0.05, 0) is 6.92 Å². The molecule has 0 aliphatic carbocycles. The maximum atomic E-state index is 10.4. The van der Waals surface area contributed by atoms with Crippen LogP contribution >= 0.6 is 0 Å². The van der Waals surface area contributed by atoms with Crippen LogP contribution in [0.2, 0.25) is 0 Å². The molecule has 0 aromatic rings. The molecule has 9 heavy (non-hydrogen) atoms. The summed E-state index contributed by atoms with van der Waals surface area (Å²) >= 11 is 0. The van der Waals surface area contributed by atoms with Gasteiger partial charge in [-0.2, -0.15) is 5.26 Å². The molecule has 2 amide bonds. The van der Waals surface area contributed by atoms with Gasteiger partial charge < -0.3 is 10.6 Å². The lowest BCUT2D eigenvalue weighted by atomic mass is 10.4. The third-order valence-corrected chi connectivity index (χ3v) is 0.768. The minimum atomic E-state index is -0.426. The number of hydrogen-bond donors (Lipinski definition) is 2. The number of nitrogens with one attached hydrogen (secondary N) is 2. The van der Waals surface area contributed by atoms with Crippen LogP contribution in [-0.2, 0) is 0 Å². The van der Waals surface area contributed by atoms with E-state index >= 15 is 0 Å². The van der Waals surface area contributed by atoms with Crippen LogP contribution in [0.4, 0.5) is 4.79 Å². The van der Waals surface area contributed by atoms with Crippen LogP contribution in [0.15, 0.2) is 0 Å². The van der Waals surface area contributed by atoms with Gasteiger partial charge in [0.25, 0.3) is 0 Å². The van der Waals surface area contributed by atoms with Gasteiger partial charge in [-0.25, -0.2) is 4.79 Å². The Bertz CT molecular complexity index is 138. The highest BCUT2D eigenvalue weighted by Gasteiger charge is 2.00. The molecule has 0 aliphatic heterocycles. The lowest BCUT2D eigenvalue weighted by molar-refractivity contribution is 0.242. The number of hydrogen-bond acceptors (Lipinski definition) is 2. The second-order valence-electron chi connectivity index (χ2n) is 1.57. The van der Waals surface area contributed by atoms with Gasteiger partial charge in [-0.1, -0.05) is 0 Å². The normalized spacial score (nSPS) is 11.2. The van der Waals surface area contributed by atoms with E-state index in [0.717, 1.165) is 0 Å². The van der Waals surface area contributed by atoms with Gasteiger partial charge in [0.1, 0.15) is 6.04 Å². The molecule has 0 spiro atoms. The molecule has 0 heterocycles. The van der Waals surface area contributed by atoms with Crippen molar-refractivity contribution in [3.05, 3.63) is 0 Å². The average molecular weight is 127 g/mol. The second-order valence-corrected chi connectivity index (χ2v) is 1.57. The number of carbonyl (C=O) groups excluding carboxylic acids is 1. The molecule has 4 nitrogen and oxygen atoms in total. The Balaban J connectivity index is 3.50. The molecule has 1 atom stereocenters. The zero-order chi connectivity index (χ0) is 7.28. The smallest absolute Gasteiger partial charge is 0.315 e. The molecular formula is C5H9N3O. The first-order valence-corrected chi connectivity index (χ1v) is 2.58. The molecule has 4 heteroatoms. The third-order valence-electron chi connectivity index (χ3n) is 0.768. The van der Waals surface area contributed by atoms with Gasteiger partial charge in [-0.3, -0.25) is 0 Å². The topological polar surface area (TPSA) is 64.9 Å². The molecule has 0 radical (unpaired) electrons. The highest BCUT2D eigenvalue weighted by atomic mass is 16.2. The van der Waals surface area contributed by atoms with Crippen molar-refractivity contribution in [2.24, 2.45) is 0 Å². The summed E-state index contributed by atoms with van der Waals surface area (Å²) in [6, 6.07) is 1.10. The van der Waals surface area contributed by atoms with Gasteiger partial charge in [0.15, 0.2) is 0 Å². The summed E-state index contributed by atoms with van der Waals surface area (Å²) in [5, 5.41) is 12.9. The van der Waals surface area contributed by atoms with E-state index in [1.54, 1.807) is 6.92 Å². The zero-order valence-corrected chi connectivity index (χ0v) is 5.43. The van der Waals surface area contributed by atoms with Crippen molar-refractivity contribution in [1.82, 2.24) is 10.6 Å². The molecule has 0 saturated carbocycles. The second kappa shape index (κ2) is 3.72. The first kappa shape index (κ1) is 7.76. The Labute approximate surface area is 53.9 Å². The quantitative estimate of drug-likeness (QED) is 0.513. The summed E-state index contributed by atoms with van der Waals surface area (Å²) in [6.07, 6.45) is 0. The number of nitrogens with zero attached hydrogens (tertiary/aromatic N) is 1. The van der Waals surface area contributed by atoms with Gasteiger partial charge in [0.2, 0.25) is 0 Å². The van der Waals surface area contributed by atoms with E-state index in [1.165, 1.54) is 7.05 Å². The van der Waals surface area contributed by atoms with Crippen LogP contribution in [0.1, 0.15) is 6.92 Å². The third kappa shape index (κ3) is 3.35. The van der Waals surface area contributed by atoms with E-state index in [-0.39, 0.29) is 6.03 Å². The van der Waals surface area contributed by atoms with Crippen LogP contribution in [-0.4, -0.2) is 19.1 Å². The standard InChI is InChI=1S/C5H9N3O/c1-4(3-6)8-5(9)7-2/h4H,1-2H3,(H2,7,8,9). The van der Waals surface area contributed by atoms with E-state index in [9.17, 15) is 4.79 Å². The molecule has 0 rings (SSSR count). The molecular weight excluding hydrogens is 118 g/mol. The summed E-state index contributed by atoms with van der Waals surface area (Å²) in [6.45, 7) is 1.61. The van der Waals surface area contributed by atoms with Gasteiger partial charge >= 0.3 is 6.03 Å². The first-order chi connectivity index (χ1) is 4.20. The Hall–Kier alpha value is -1.24. The highest BCUT2D eigenvalue weighted by molar-refractivity contribution is 5.74. The van der Waals surface area contributed by atoms with Crippen LogP contribution in [0.3, 0.4) is 0 Å². The van der Waals surface area contributed by atoms with Gasteiger partial charge in [0.05, 0.1) is 6.07 Å². The lowest BCUT2D eigenvalue weighted by Gasteiger charge is -2.03. The molecule has 50 valence electrons. The number of nitriles is 1. The van der Waals surface area contributed by atoms with Crippen molar-refractivity contribution in [1.29, 1.82) is 5.26 Å². The predicted octanol–water partition coefficient (Wildman–Crippen LogP) is -0.173. The summed E-state index contributed by atoms with van der Waals surface area (Å²) in [4.78, 5) is 10.4. The average Bonchev–Trinajstić information content (AvgIpc) is 1.87. The largest absolute Gasteiger partial charge is 0.341 e. The van der Waals surface area contributed by atoms with Crippen molar-refractivity contribution < 1.29 is 4.79 Å². The maximum Gasteiger partial charge on any atom is 0.315 e. The van der Waals surface area contributed by atoms with Gasteiger partial charge in [-0.15, -0.1) is 0 Å². The van der Waals surface area contributed by atoms with Crippen LogP contribution < -0.4 is 10.6 Å². The van der Waals surface area contributed by atoms with E-state index < -0.39 is 6.04 Å². The molecule has 1 unspecified atom stereocenters. The van der Waals surface area contributed by atoms with Crippen LogP contribution in [0.5, 0.6) is 0 Å². The molecule has 0 bridgehead atoms. The summed E-state index contributed by atoms with van der Waals surface area (Å²) in [5.41, 5.74) is 0. The van der Waals surface area contributed by atoms with Crippen LogP contribution in [0, 0.1) is 11.3 Å². The molecule has 2 N–H and O–H groups in total. The Morgan fingerprint density at radius 3 is 2.67 bits per heavy atom. The Kier molecular flexibility index (Phi) is 3.21. The Morgan fingerprint density at radius 2 is 2.33 bits per heavy atom. The van der Waals surface area contributed by atoms with Crippen molar-refractivity contribution >= 4 is 6.03 Å². The fraction of sp³-hybridized carbons (Fsp3) is 0.600. The predicted molar refractivity (Wildman–Crippen MR) is 32.7 cm³/mol. The monoisotopic (exact) mass is 127 g/mol. The fourth-order valence-electron chi connectivity index (χ4n) is 0.301. The molecule has 0 aromatic heterocycles. The number of carbonyl (C=O) groups is 1. The van der Waals surface area contributed by atoms with Gasteiger partial charge in [0, 0.05) is 7.05 Å².